The molecule has 0 aliphatic heterocycles. The third-order valence-electron chi connectivity index (χ3n) is 2.58. The molecule has 0 aliphatic rings. The zero-order valence-corrected chi connectivity index (χ0v) is 11.5. The summed E-state index contributed by atoms with van der Waals surface area (Å²) in [5.74, 6) is -0.578. The molecule has 0 saturated heterocycles. The van der Waals surface area contributed by atoms with E-state index in [4.69, 9.17) is 0 Å². The first kappa shape index (κ1) is 16.4. The number of urea groups is 1. The molecule has 7 heteroatoms. The van der Waals surface area contributed by atoms with Crippen LogP contribution >= 0.6 is 0 Å². The van der Waals surface area contributed by atoms with Gasteiger partial charge in [0.2, 0.25) is 11.8 Å². The monoisotopic (exact) mass is 258 g/mol. The average Bonchev–Trinajstić information content (AvgIpc) is 2.36. The second kappa shape index (κ2) is 7.65. The van der Waals surface area contributed by atoms with E-state index in [1.54, 1.807) is 25.8 Å². The Labute approximate surface area is 107 Å². The van der Waals surface area contributed by atoms with Crippen molar-refractivity contribution < 1.29 is 14.4 Å². The molecular weight excluding hydrogens is 236 g/mol. The lowest BCUT2D eigenvalue weighted by Crippen LogP contribution is -2.53. The van der Waals surface area contributed by atoms with Crippen molar-refractivity contribution in [1.29, 1.82) is 0 Å². The van der Waals surface area contributed by atoms with Crippen LogP contribution in [0.5, 0.6) is 0 Å². The molecule has 0 bridgehead atoms. The smallest absolute Gasteiger partial charge is 0.321 e. The molecular formula is C11H22N4O3. The lowest BCUT2D eigenvalue weighted by atomic mass is 10.2. The van der Waals surface area contributed by atoms with Gasteiger partial charge in [0.1, 0.15) is 0 Å². The fourth-order valence-corrected chi connectivity index (χ4v) is 1.29. The second-order valence-electron chi connectivity index (χ2n) is 4.03. The molecule has 2 unspecified atom stereocenters. The zero-order valence-electron chi connectivity index (χ0n) is 11.5. The predicted molar refractivity (Wildman–Crippen MR) is 68.0 cm³/mol. The lowest BCUT2D eigenvalue weighted by Gasteiger charge is -2.23. The summed E-state index contributed by atoms with van der Waals surface area (Å²) >= 11 is 0. The molecule has 3 N–H and O–H groups in total. The van der Waals surface area contributed by atoms with Gasteiger partial charge >= 0.3 is 6.03 Å². The Hall–Kier alpha value is -1.63. The molecule has 0 aromatic rings. The number of rotatable bonds is 5. The summed E-state index contributed by atoms with van der Waals surface area (Å²) in [5, 5.41) is 7.26. The van der Waals surface area contributed by atoms with Crippen LogP contribution in [0.1, 0.15) is 20.8 Å². The largest absolute Gasteiger partial charge is 0.345 e. The van der Waals surface area contributed by atoms with Crippen LogP contribution < -0.4 is 16.0 Å². The third-order valence-corrected chi connectivity index (χ3v) is 2.58. The molecule has 0 aromatic heterocycles. The van der Waals surface area contributed by atoms with E-state index in [1.165, 1.54) is 7.05 Å². The van der Waals surface area contributed by atoms with Gasteiger partial charge in [-0.25, -0.2) is 4.79 Å². The van der Waals surface area contributed by atoms with Gasteiger partial charge in [-0.15, -0.1) is 0 Å². The van der Waals surface area contributed by atoms with Gasteiger partial charge < -0.3 is 10.2 Å². The number of carbonyl (C=O) groups excluding carboxylic acids is 3. The van der Waals surface area contributed by atoms with E-state index in [0.717, 1.165) is 0 Å². The first-order valence-corrected chi connectivity index (χ1v) is 5.87. The van der Waals surface area contributed by atoms with Crippen molar-refractivity contribution >= 4 is 17.8 Å². The predicted octanol–water partition coefficient (Wildman–Crippen LogP) is -0.713. The van der Waals surface area contributed by atoms with Crippen molar-refractivity contribution in [3.8, 4) is 0 Å². The van der Waals surface area contributed by atoms with Gasteiger partial charge in [-0.05, 0) is 20.8 Å². The van der Waals surface area contributed by atoms with Crippen molar-refractivity contribution in [2.75, 3.05) is 20.6 Å². The Balaban J connectivity index is 4.30. The van der Waals surface area contributed by atoms with E-state index in [0.29, 0.717) is 6.54 Å². The lowest BCUT2D eigenvalue weighted by molar-refractivity contribution is -0.132. The van der Waals surface area contributed by atoms with Gasteiger partial charge in [-0.2, -0.15) is 0 Å². The molecule has 0 rings (SSSR count). The fourth-order valence-electron chi connectivity index (χ4n) is 1.29. The molecule has 2 atom stereocenters. The van der Waals surface area contributed by atoms with Crippen LogP contribution in [0.2, 0.25) is 0 Å². The molecule has 18 heavy (non-hydrogen) atoms. The first-order valence-electron chi connectivity index (χ1n) is 5.87. The number of nitrogens with zero attached hydrogens (tertiary/aromatic N) is 1. The molecule has 0 spiro atoms. The standard InChI is InChI=1S/C11H22N4O3/c1-6-15(5)10(17)8(3)13-7(2)9(16)14-11(18)12-4/h7-8,13H,6H2,1-5H3,(H2,12,14,16,18). The second-order valence-corrected chi connectivity index (χ2v) is 4.03. The van der Waals surface area contributed by atoms with Crippen LogP contribution in [0.3, 0.4) is 0 Å². The minimum absolute atomic E-state index is 0.0999. The van der Waals surface area contributed by atoms with Gasteiger partial charge in [0, 0.05) is 20.6 Å². The molecule has 4 amide bonds. The normalized spacial score (nSPS) is 13.4. The van der Waals surface area contributed by atoms with Crippen LogP contribution in [-0.4, -0.2) is 55.5 Å². The van der Waals surface area contributed by atoms with Crippen LogP contribution in [0.15, 0.2) is 0 Å². The Kier molecular flexibility index (Phi) is 6.96. The van der Waals surface area contributed by atoms with E-state index in [1.807, 2.05) is 6.92 Å². The maximum atomic E-state index is 11.8. The van der Waals surface area contributed by atoms with Crippen molar-refractivity contribution in [2.24, 2.45) is 0 Å². The quantitative estimate of drug-likeness (QED) is 0.607. The Morgan fingerprint density at radius 3 is 2.17 bits per heavy atom. The van der Waals surface area contributed by atoms with Crippen molar-refractivity contribution in [1.82, 2.24) is 20.9 Å². The summed E-state index contributed by atoms with van der Waals surface area (Å²) in [6, 6.07) is -1.69. The Morgan fingerprint density at radius 2 is 1.72 bits per heavy atom. The fraction of sp³-hybridized carbons (Fsp3) is 0.727. The molecule has 0 aromatic carbocycles. The third kappa shape index (κ3) is 5.13. The van der Waals surface area contributed by atoms with E-state index >= 15 is 0 Å². The van der Waals surface area contributed by atoms with Gasteiger partial charge in [0.15, 0.2) is 0 Å². The van der Waals surface area contributed by atoms with Crippen molar-refractivity contribution in [3.05, 3.63) is 0 Å². The SMILES string of the molecule is CCN(C)C(=O)C(C)NC(C)C(=O)NC(=O)NC. The van der Waals surface area contributed by atoms with Crippen LogP contribution in [0.25, 0.3) is 0 Å². The van der Waals surface area contributed by atoms with E-state index in [9.17, 15) is 14.4 Å². The highest BCUT2D eigenvalue weighted by atomic mass is 16.2. The first-order chi connectivity index (χ1) is 8.33. The summed E-state index contributed by atoms with van der Waals surface area (Å²) in [6.07, 6.45) is 0. The number of hydrogen-bond acceptors (Lipinski definition) is 4. The van der Waals surface area contributed by atoms with E-state index < -0.39 is 24.0 Å². The Bertz CT molecular complexity index is 319. The maximum Gasteiger partial charge on any atom is 0.321 e. The van der Waals surface area contributed by atoms with Gasteiger partial charge in [-0.3, -0.25) is 20.2 Å². The minimum Gasteiger partial charge on any atom is -0.345 e. The summed E-state index contributed by atoms with van der Waals surface area (Å²) in [7, 11) is 3.11. The molecule has 104 valence electrons. The van der Waals surface area contributed by atoms with E-state index in [2.05, 4.69) is 16.0 Å². The van der Waals surface area contributed by atoms with Crippen LogP contribution in [-0.2, 0) is 9.59 Å². The van der Waals surface area contributed by atoms with E-state index in [-0.39, 0.29) is 5.91 Å². The highest BCUT2D eigenvalue weighted by molar-refractivity contribution is 5.97. The molecule has 0 aliphatic carbocycles. The minimum atomic E-state index is -0.633. The number of imide groups is 1. The number of amides is 4. The number of carbonyl (C=O) groups is 3. The number of nitrogens with one attached hydrogen (secondary N) is 3. The topological polar surface area (TPSA) is 90.5 Å². The number of hydrogen-bond donors (Lipinski definition) is 3. The zero-order chi connectivity index (χ0) is 14.3. The van der Waals surface area contributed by atoms with Crippen LogP contribution in [0, 0.1) is 0 Å². The van der Waals surface area contributed by atoms with Gasteiger partial charge in [0.05, 0.1) is 12.1 Å². The van der Waals surface area contributed by atoms with Crippen molar-refractivity contribution in [2.45, 2.75) is 32.9 Å². The highest BCUT2D eigenvalue weighted by Gasteiger charge is 2.22. The summed E-state index contributed by atoms with van der Waals surface area (Å²) in [5.41, 5.74) is 0. The summed E-state index contributed by atoms with van der Waals surface area (Å²) in [4.78, 5) is 35.8. The summed E-state index contributed by atoms with van der Waals surface area (Å²) < 4.78 is 0. The number of likely N-dealkylation sites (N-methyl/N-ethyl adjacent to an activating group) is 1. The molecule has 7 nitrogen and oxygen atoms in total. The average molecular weight is 258 g/mol. The molecule has 0 radical (unpaired) electrons. The van der Waals surface area contributed by atoms with Crippen LogP contribution in [0.4, 0.5) is 4.79 Å². The van der Waals surface area contributed by atoms with Crippen molar-refractivity contribution in [3.63, 3.8) is 0 Å². The molecule has 0 heterocycles. The highest BCUT2D eigenvalue weighted by Crippen LogP contribution is 1.94. The summed E-state index contributed by atoms with van der Waals surface area (Å²) in [6.45, 7) is 5.74. The van der Waals surface area contributed by atoms with Gasteiger partial charge in [-0.1, -0.05) is 0 Å². The van der Waals surface area contributed by atoms with Gasteiger partial charge in [0.25, 0.3) is 0 Å². The molecule has 0 saturated carbocycles. The Morgan fingerprint density at radius 1 is 1.17 bits per heavy atom. The molecule has 0 fully saturated rings. The maximum absolute atomic E-state index is 11.8.